The summed E-state index contributed by atoms with van der Waals surface area (Å²) in [5.41, 5.74) is -0.245. The van der Waals surface area contributed by atoms with Crippen LogP contribution in [-0.4, -0.2) is 50.7 Å². The summed E-state index contributed by atoms with van der Waals surface area (Å²) in [6.45, 7) is 2.55. The Morgan fingerprint density at radius 3 is 2.96 bits per heavy atom. The van der Waals surface area contributed by atoms with Crippen molar-refractivity contribution >= 4 is 11.9 Å². The number of hydrogen-bond acceptors (Lipinski definition) is 6. The molecule has 2 aromatic heterocycles. The van der Waals surface area contributed by atoms with E-state index in [-0.39, 0.29) is 12.2 Å². The number of aromatic nitrogens is 3. The fourth-order valence-electron chi connectivity index (χ4n) is 2.60. The summed E-state index contributed by atoms with van der Waals surface area (Å²) in [7, 11) is 0. The number of hydrogen-bond donors (Lipinski definition) is 2. The first kappa shape index (κ1) is 16.2. The van der Waals surface area contributed by atoms with Gasteiger partial charge in [0.2, 0.25) is 0 Å². The number of carboxylic acid groups (broad SMARTS) is 1. The minimum atomic E-state index is -1.35. The number of aryl methyl sites for hydroxylation is 1. The third-order valence-electron chi connectivity index (χ3n) is 3.90. The lowest BCUT2D eigenvalue weighted by Gasteiger charge is -2.23. The average molecular weight is 334 g/mol. The fraction of sp³-hybridized carbons (Fsp3) is 0.467. The molecule has 2 aromatic rings. The predicted molar refractivity (Wildman–Crippen MR) is 80.5 cm³/mol. The Hall–Kier alpha value is -2.68. The molecular weight excluding hydrogens is 316 g/mol. The third kappa shape index (κ3) is 3.30. The van der Waals surface area contributed by atoms with Crippen molar-refractivity contribution < 1.29 is 24.0 Å². The van der Waals surface area contributed by atoms with E-state index < -0.39 is 17.5 Å². The summed E-state index contributed by atoms with van der Waals surface area (Å²) in [6.07, 6.45) is 4.58. The Kier molecular flexibility index (Phi) is 4.34. The van der Waals surface area contributed by atoms with Gasteiger partial charge in [-0.1, -0.05) is 5.16 Å². The highest BCUT2D eigenvalue weighted by molar-refractivity contribution is 5.92. The second-order valence-corrected chi connectivity index (χ2v) is 5.83. The number of carboxylic acids is 1. The largest absolute Gasteiger partial charge is 0.479 e. The zero-order valence-electron chi connectivity index (χ0n) is 13.2. The number of amides is 1. The number of carbonyl (C=O) groups is 2. The van der Waals surface area contributed by atoms with E-state index in [9.17, 15) is 14.7 Å². The molecule has 9 nitrogen and oxygen atoms in total. The van der Waals surface area contributed by atoms with Crippen molar-refractivity contribution in [2.75, 3.05) is 13.2 Å². The summed E-state index contributed by atoms with van der Waals surface area (Å²) < 4.78 is 12.1. The van der Waals surface area contributed by atoms with Crippen molar-refractivity contribution in [1.82, 2.24) is 20.3 Å². The molecule has 0 aliphatic carbocycles. The molecule has 2 N–H and O–H groups in total. The molecule has 24 heavy (non-hydrogen) atoms. The van der Waals surface area contributed by atoms with Crippen LogP contribution in [0.1, 0.15) is 34.7 Å². The number of ether oxygens (including phenoxy) is 1. The molecule has 1 aliphatic rings. The van der Waals surface area contributed by atoms with Gasteiger partial charge in [0.05, 0.1) is 12.7 Å². The molecule has 0 bridgehead atoms. The van der Waals surface area contributed by atoms with Crippen LogP contribution in [-0.2, 0) is 16.1 Å². The van der Waals surface area contributed by atoms with E-state index in [1.165, 1.54) is 6.07 Å². The van der Waals surface area contributed by atoms with Gasteiger partial charge in [0.15, 0.2) is 17.1 Å². The van der Waals surface area contributed by atoms with Gasteiger partial charge < -0.3 is 19.7 Å². The molecule has 0 saturated carbocycles. The number of aliphatic carboxylic acids is 1. The SMILES string of the molecule is Cc1cnn(Cc2cc(C(=O)NCC3(C(=O)O)CCCO3)no2)c1. The van der Waals surface area contributed by atoms with Crippen LogP contribution in [0.5, 0.6) is 0 Å². The van der Waals surface area contributed by atoms with Crippen molar-refractivity contribution in [1.29, 1.82) is 0 Å². The van der Waals surface area contributed by atoms with Crippen molar-refractivity contribution in [2.45, 2.75) is 31.9 Å². The molecule has 0 radical (unpaired) electrons. The van der Waals surface area contributed by atoms with E-state index in [0.29, 0.717) is 31.8 Å². The van der Waals surface area contributed by atoms with Gasteiger partial charge in [-0.25, -0.2) is 4.79 Å². The van der Waals surface area contributed by atoms with Gasteiger partial charge >= 0.3 is 5.97 Å². The van der Waals surface area contributed by atoms with Crippen molar-refractivity contribution in [3.05, 3.63) is 35.5 Å². The topological polar surface area (TPSA) is 119 Å². The van der Waals surface area contributed by atoms with Gasteiger partial charge in [-0.15, -0.1) is 0 Å². The summed E-state index contributed by atoms with van der Waals surface area (Å²) in [4.78, 5) is 23.5. The smallest absolute Gasteiger partial charge is 0.337 e. The van der Waals surface area contributed by atoms with Crippen LogP contribution in [0.3, 0.4) is 0 Å². The van der Waals surface area contributed by atoms with Crippen molar-refractivity contribution in [3.63, 3.8) is 0 Å². The summed E-state index contributed by atoms with van der Waals surface area (Å²) in [5.74, 6) is -1.10. The van der Waals surface area contributed by atoms with Crippen LogP contribution in [0, 0.1) is 6.92 Å². The Morgan fingerprint density at radius 1 is 1.50 bits per heavy atom. The van der Waals surface area contributed by atoms with E-state index in [1.807, 2.05) is 13.1 Å². The maximum absolute atomic E-state index is 12.1. The number of nitrogens with zero attached hydrogens (tertiary/aromatic N) is 3. The van der Waals surface area contributed by atoms with Gasteiger partial charge in [-0.2, -0.15) is 5.10 Å². The molecule has 1 aliphatic heterocycles. The maximum atomic E-state index is 12.1. The Morgan fingerprint density at radius 2 is 2.33 bits per heavy atom. The molecule has 3 heterocycles. The summed E-state index contributed by atoms with van der Waals surface area (Å²) in [6, 6.07) is 1.51. The maximum Gasteiger partial charge on any atom is 0.337 e. The molecule has 3 rings (SSSR count). The molecule has 1 amide bonds. The molecule has 128 valence electrons. The molecule has 0 spiro atoms. The highest BCUT2D eigenvalue weighted by Gasteiger charge is 2.43. The van der Waals surface area contributed by atoms with E-state index in [4.69, 9.17) is 9.26 Å². The minimum absolute atomic E-state index is 0.0902. The first-order chi connectivity index (χ1) is 11.5. The standard InChI is InChI=1S/C15H18N4O5/c1-10-6-17-19(7-10)8-11-5-12(18-24-11)13(20)16-9-15(14(21)22)3-2-4-23-15/h5-7H,2-4,8-9H2,1H3,(H,16,20)(H,21,22). The highest BCUT2D eigenvalue weighted by Crippen LogP contribution is 2.25. The minimum Gasteiger partial charge on any atom is -0.479 e. The van der Waals surface area contributed by atoms with Crippen LogP contribution in [0.25, 0.3) is 0 Å². The molecule has 1 unspecified atom stereocenters. The van der Waals surface area contributed by atoms with Gasteiger partial charge in [-0.05, 0) is 25.3 Å². The zero-order valence-corrected chi connectivity index (χ0v) is 13.2. The fourth-order valence-corrected chi connectivity index (χ4v) is 2.60. The second kappa shape index (κ2) is 6.44. The van der Waals surface area contributed by atoms with Crippen LogP contribution in [0.4, 0.5) is 0 Å². The number of rotatable bonds is 6. The van der Waals surface area contributed by atoms with E-state index in [2.05, 4.69) is 15.6 Å². The lowest BCUT2D eigenvalue weighted by Crippen LogP contribution is -2.48. The summed E-state index contributed by atoms with van der Waals surface area (Å²) in [5, 5.41) is 19.7. The van der Waals surface area contributed by atoms with E-state index in [0.717, 1.165) is 5.56 Å². The number of carbonyl (C=O) groups excluding carboxylic acids is 1. The van der Waals surface area contributed by atoms with Gasteiger partial charge in [0.25, 0.3) is 5.91 Å². The quantitative estimate of drug-likeness (QED) is 0.793. The van der Waals surface area contributed by atoms with E-state index >= 15 is 0 Å². The van der Waals surface area contributed by atoms with Crippen LogP contribution in [0.2, 0.25) is 0 Å². The van der Waals surface area contributed by atoms with Crippen LogP contribution >= 0.6 is 0 Å². The average Bonchev–Trinajstić information content (AvgIpc) is 3.27. The summed E-state index contributed by atoms with van der Waals surface area (Å²) >= 11 is 0. The zero-order chi connectivity index (χ0) is 17.2. The van der Waals surface area contributed by atoms with E-state index in [1.54, 1.807) is 10.9 Å². The third-order valence-corrected chi connectivity index (χ3v) is 3.90. The molecular formula is C15H18N4O5. The first-order valence-electron chi connectivity index (χ1n) is 7.59. The van der Waals surface area contributed by atoms with Gasteiger partial charge in [-0.3, -0.25) is 9.48 Å². The van der Waals surface area contributed by atoms with Gasteiger partial charge in [0.1, 0.15) is 6.54 Å². The molecule has 0 aromatic carbocycles. The lowest BCUT2D eigenvalue weighted by atomic mass is 10.0. The predicted octanol–water partition coefficient (Wildman–Crippen LogP) is 0.591. The van der Waals surface area contributed by atoms with Crippen LogP contribution in [0.15, 0.2) is 23.0 Å². The Balaban J connectivity index is 1.60. The normalized spacial score (nSPS) is 20.2. The number of nitrogens with one attached hydrogen (secondary N) is 1. The Labute approximate surface area is 137 Å². The van der Waals surface area contributed by atoms with Crippen molar-refractivity contribution in [3.8, 4) is 0 Å². The molecule has 1 atom stereocenters. The molecule has 9 heteroatoms. The molecule has 1 fully saturated rings. The van der Waals surface area contributed by atoms with Crippen LogP contribution < -0.4 is 5.32 Å². The lowest BCUT2D eigenvalue weighted by molar-refractivity contribution is -0.159. The molecule has 1 saturated heterocycles. The second-order valence-electron chi connectivity index (χ2n) is 5.83. The monoisotopic (exact) mass is 334 g/mol. The van der Waals surface area contributed by atoms with Crippen molar-refractivity contribution in [2.24, 2.45) is 0 Å². The van der Waals surface area contributed by atoms with Gasteiger partial charge in [0, 0.05) is 18.9 Å². The first-order valence-corrected chi connectivity index (χ1v) is 7.59. The highest BCUT2D eigenvalue weighted by atomic mass is 16.5. The Bertz CT molecular complexity index is 745.